The van der Waals surface area contributed by atoms with E-state index in [-0.39, 0.29) is 25.7 Å². The molecule has 0 aliphatic carbocycles. The summed E-state index contributed by atoms with van der Waals surface area (Å²) in [5.41, 5.74) is 0.713. The molecule has 1 amide bonds. The first-order valence-electron chi connectivity index (χ1n) is 7.32. The first kappa shape index (κ1) is 18.6. The fraction of sp³-hybridized carbons (Fsp3) is 0.438. The molecular formula is C16H24NO4P. The summed E-state index contributed by atoms with van der Waals surface area (Å²) in [5.74, 6) is -1.00. The van der Waals surface area contributed by atoms with E-state index < -0.39 is 13.4 Å². The van der Waals surface area contributed by atoms with E-state index in [2.05, 4.69) is 6.58 Å². The monoisotopic (exact) mass is 325 g/mol. The number of rotatable bonds is 9. The number of hydrogen-bond acceptors (Lipinski definition) is 4. The van der Waals surface area contributed by atoms with Crippen LogP contribution in [0.4, 0.5) is 0 Å². The molecule has 0 saturated heterocycles. The third-order valence-electron chi connectivity index (χ3n) is 3.04. The lowest BCUT2D eigenvalue weighted by molar-refractivity contribution is -0.129. The van der Waals surface area contributed by atoms with E-state index in [0.29, 0.717) is 5.56 Å². The van der Waals surface area contributed by atoms with Crippen LogP contribution in [0.25, 0.3) is 0 Å². The molecule has 6 heteroatoms. The fourth-order valence-electron chi connectivity index (χ4n) is 2.24. The van der Waals surface area contributed by atoms with Gasteiger partial charge in [0.2, 0.25) is 5.91 Å². The van der Waals surface area contributed by atoms with Gasteiger partial charge in [-0.25, -0.2) is 0 Å². The minimum Gasteiger partial charge on any atom is -0.321 e. The lowest BCUT2D eigenvalue weighted by atomic mass is 10.2. The third-order valence-corrected chi connectivity index (χ3v) is 5.45. The molecule has 1 aromatic rings. The van der Waals surface area contributed by atoms with Crippen molar-refractivity contribution in [3.05, 3.63) is 48.6 Å². The Hall–Kier alpha value is -1.42. The predicted octanol–water partition coefficient (Wildman–Crippen LogP) is 3.99. The van der Waals surface area contributed by atoms with Gasteiger partial charge in [-0.2, -0.15) is 0 Å². The molecule has 1 aromatic carbocycles. The molecule has 0 N–H and O–H groups in total. The minimum absolute atomic E-state index is 0.214. The molecule has 122 valence electrons. The quantitative estimate of drug-likeness (QED) is 0.509. The maximum Gasteiger partial charge on any atom is 0.357 e. The lowest BCUT2D eigenvalue weighted by Gasteiger charge is -2.34. The topological polar surface area (TPSA) is 55.8 Å². The van der Waals surface area contributed by atoms with Gasteiger partial charge in [-0.3, -0.25) is 9.36 Å². The van der Waals surface area contributed by atoms with Gasteiger partial charge in [0.15, 0.2) is 5.78 Å². The standard InChI is InChI=1S/C16H24NO4P/c1-5-13-17(14(4)18)16(15-11-9-8-10-12-15)22(19,20-6-2)21-7-3/h5,8-12,16H,1,6-7,13H2,2-4H3/t16-/m1/s1. The maximum atomic E-state index is 13.3. The molecule has 0 fully saturated rings. The molecule has 0 saturated carbocycles. The van der Waals surface area contributed by atoms with Gasteiger partial charge in [-0.15, -0.1) is 6.58 Å². The first-order valence-corrected chi connectivity index (χ1v) is 8.93. The van der Waals surface area contributed by atoms with Crippen LogP contribution < -0.4 is 0 Å². The second-order valence-electron chi connectivity index (χ2n) is 4.62. The summed E-state index contributed by atoms with van der Waals surface area (Å²) in [4.78, 5) is 13.5. The zero-order chi connectivity index (χ0) is 16.6. The Balaban J connectivity index is 3.40. The summed E-state index contributed by atoms with van der Waals surface area (Å²) in [6, 6.07) is 9.15. The molecule has 1 rings (SSSR count). The molecule has 0 aliphatic heterocycles. The Labute approximate surface area is 132 Å². The van der Waals surface area contributed by atoms with Crippen LogP contribution in [0, 0.1) is 0 Å². The molecule has 1 atom stereocenters. The molecule has 0 unspecified atom stereocenters. The van der Waals surface area contributed by atoms with Crippen molar-refractivity contribution in [3.63, 3.8) is 0 Å². The number of carbonyl (C=O) groups excluding carboxylic acids is 1. The van der Waals surface area contributed by atoms with Crippen molar-refractivity contribution < 1.29 is 18.4 Å². The lowest BCUT2D eigenvalue weighted by Crippen LogP contribution is -2.34. The average molecular weight is 325 g/mol. The van der Waals surface area contributed by atoms with Gasteiger partial charge < -0.3 is 13.9 Å². The normalized spacial score (nSPS) is 12.7. The van der Waals surface area contributed by atoms with Crippen LogP contribution in [0.2, 0.25) is 0 Å². The Morgan fingerprint density at radius 3 is 2.23 bits per heavy atom. The molecular weight excluding hydrogens is 301 g/mol. The number of carbonyl (C=O) groups is 1. The summed E-state index contributed by atoms with van der Waals surface area (Å²) in [6.45, 7) is 9.33. The van der Waals surface area contributed by atoms with Crippen molar-refractivity contribution in [1.82, 2.24) is 4.90 Å². The number of hydrogen-bond donors (Lipinski definition) is 0. The molecule has 22 heavy (non-hydrogen) atoms. The fourth-order valence-corrected chi connectivity index (χ4v) is 4.45. The highest BCUT2D eigenvalue weighted by atomic mass is 31.2. The van der Waals surface area contributed by atoms with Crippen molar-refractivity contribution >= 4 is 13.5 Å². The van der Waals surface area contributed by atoms with Gasteiger partial charge in [-0.1, -0.05) is 36.4 Å². The van der Waals surface area contributed by atoms with Crippen molar-refractivity contribution in [2.45, 2.75) is 26.6 Å². The van der Waals surface area contributed by atoms with Crippen LogP contribution in [-0.2, 0) is 18.4 Å². The van der Waals surface area contributed by atoms with E-state index in [1.54, 1.807) is 19.9 Å². The van der Waals surface area contributed by atoms with E-state index in [9.17, 15) is 9.36 Å². The highest BCUT2D eigenvalue weighted by Gasteiger charge is 2.41. The zero-order valence-electron chi connectivity index (χ0n) is 13.4. The van der Waals surface area contributed by atoms with Gasteiger partial charge in [-0.05, 0) is 19.4 Å². The van der Waals surface area contributed by atoms with Crippen LogP contribution in [0.1, 0.15) is 32.1 Å². The average Bonchev–Trinajstić information content (AvgIpc) is 2.48. The van der Waals surface area contributed by atoms with E-state index in [1.807, 2.05) is 30.3 Å². The van der Waals surface area contributed by atoms with Crippen molar-refractivity contribution in [2.24, 2.45) is 0 Å². The highest BCUT2D eigenvalue weighted by molar-refractivity contribution is 7.54. The molecule has 0 bridgehead atoms. The smallest absolute Gasteiger partial charge is 0.321 e. The Morgan fingerprint density at radius 2 is 1.82 bits per heavy atom. The van der Waals surface area contributed by atoms with Crippen LogP contribution in [0.3, 0.4) is 0 Å². The van der Waals surface area contributed by atoms with Gasteiger partial charge in [0, 0.05) is 13.5 Å². The maximum absolute atomic E-state index is 13.3. The molecule has 5 nitrogen and oxygen atoms in total. The second kappa shape index (κ2) is 8.89. The van der Waals surface area contributed by atoms with Gasteiger partial charge in [0.1, 0.15) is 0 Å². The summed E-state index contributed by atoms with van der Waals surface area (Å²) < 4.78 is 24.2. The highest BCUT2D eigenvalue weighted by Crippen LogP contribution is 2.62. The van der Waals surface area contributed by atoms with Gasteiger partial charge in [0.05, 0.1) is 13.2 Å². The van der Waals surface area contributed by atoms with Crippen LogP contribution in [-0.4, -0.2) is 30.6 Å². The summed E-state index contributed by atoms with van der Waals surface area (Å²) in [5, 5.41) is 0. The van der Waals surface area contributed by atoms with Gasteiger partial charge >= 0.3 is 7.60 Å². The van der Waals surface area contributed by atoms with Crippen LogP contribution in [0.5, 0.6) is 0 Å². The summed E-state index contributed by atoms with van der Waals surface area (Å²) >= 11 is 0. The van der Waals surface area contributed by atoms with E-state index in [1.165, 1.54) is 11.8 Å². The Morgan fingerprint density at radius 1 is 1.27 bits per heavy atom. The first-order chi connectivity index (χ1) is 10.5. The minimum atomic E-state index is -3.53. The molecule has 0 heterocycles. The van der Waals surface area contributed by atoms with Crippen LogP contribution >= 0.6 is 7.60 Å². The number of amides is 1. The third kappa shape index (κ3) is 4.54. The van der Waals surface area contributed by atoms with E-state index in [0.717, 1.165) is 0 Å². The zero-order valence-corrected chi connectivity index (χ0v) is 14.3. The van der Waals surface area contributed by atoms with E-state index >= 15 is 0 Å². The van der Waals surface area contributed by atoms with Crippen LogP contribution in [0.15, 0.2) is 43.0 Å². The molecule has 0 radical (unpaired) electrons. The predicted molar refractivity (Wildman–Crippen MR) is 87.6 cm³/mol. The molecule has 0 aliphatic rings. The van der Waals surface area contributed by atoms with Gasteiger partial charge in [0.25, 0.3) is 0 Å². The largest absolute Gasteiger partial charge is 0.357 e. The Bertz CT molecular complexity index is 522. The summed E-state index contributed by atoms with van der Waals surface area (Å²) in [6.07, 6.45) is 1.60. The van der Waals surface area contributed by atoms with Crippen molar-refractivity contribution in [2.75, 3.05) is 19.8 Å². The SMILES string of the molecule is C=CCN(C(C)=O)[C@@H](c1ccccc1)P(=O)(OCC)OCC. The Kier molecular flexibility index (Phi) is 7.52. The second-order valence-corrected chi connectivity index (χ2v) is 6.70. The number of nitrogens with zero attached hydrogens (tertiary/aromatic N) is 1. The van der Waals surface area contributed by atoms with Crippen molar-refractivity contribution in [3.8, 4) is 0 Å². The van der Waals surface area contributed by atoms with Crippen molar-refractivity contribution in [1.29, 1.82) is 0 Å². The molecule has 0 spiro atoms. The van der Waals surface area contributed by atoms with E-state index in [4.69, 9.17) is 9.05 Å². The summed E-state index contributed by atoms with van der Waals surface area (Å²) in [7, 11) is -3.53. The number of benzene rings is 1. The molecule has 0 aromatic heterocycles.